The maximum atomic E-state index is 6.70. The molecule has 1 aliphatic rings. The molecular formula is C27H30ClN5O2. The van der Waals surface area contributed by atoms with Crippen molar-refractivity contribution in [3.63, 3.8) is 0 Å². The van der Waals surface area contributed by atoms with Gasteiger partial charge < -0.3 is 19.3 Å². The van der Waals surface area contributed by atoms with E-state index in [9.17, 15) is 0 Å². The summed E-state index contributed by atoms with van der Waals surface area (Å²) in [6, 6.07) is 16.3. The third kappa shape index (κ3) is 4.59. The van der Waals surface area contributed by atoms with Gasteiger partial charge in [-0.15, -0.1) is 0 Å². The van der Waals surface area contributed by atoms with Gasteiger partial charge in [-0.25, -0.2) is 4.98 Å². The molecular weight excluding hydrogens is 462 g/mol. The number of rotatable bonds is 8. The molecule has 0 bridgehead atoms. The fourth-order valence-electron chi connectivity index (χ4n) is 4.59. The fraction of sp³-hybridized carbons (Fsp3) is 0.333. The van der Waals surface area contributed by atoms with E-state index in [1.807, 2.05) is 35.7 Å². The summed E-state index contributed by atoms with van der Waals surface area (Å²) in [6.07, 6.45) is 0. The van der Waals surface area contributed by atoms with Crippen LogP contribution in [0.4, 0.5) is 5.82 Å². The number of methoxy groups -OCH3 is 1. The lowest BCUT2D eigenvalue weighted by Crippen LogP contribution is -2.33. The van der Waals surface area contributed by atoms with Gasteiger partial charge >= 0.3 is 0 Å². The van der Waals surface area contributed by atoms with Crippen LogP contribution >= 0.6 is 11.6 Å². The minimum Gasteiger partial charge on any atom is -0.497 e. The highest BCUT2D eigenvalue weighted by atomic mass is 35.5. The van der Waals surface area contributed by atoms with E-state index >= 15 is 0 Å². The highest BCUT2D eigenvalue weighted by Gasteiger charge is 2.28. The summed E-state index contributed by atoms with van der Waals surface area (Å²) in [5.74, 6) is 1.75. The first kappa shape index (κ1) is 23.6. The Hall–Kier alpha value is -3.13. The minimum absolute atomic E-state index is 0.492. The Balaban J connectivity index is 1.70. The zero-order valence-corrected chi connectivity index (χ0v) is 21.3. The lowest BCUT2D eigenvalue weighted by atomic mass is 10.1. The second-order valence-electron chi connectivity index (χ2n) is 9.11. The molecule has 0 saturated carbocycles. The molecule has 0 atom stereocenters. The van der Waals surface area contributed by atoms with Crippen LogP contribution in [0.5, 0.6) is 5.75 Å². The molecule has 0 saturated heterocycles. The van der Waals surface area contributed by atoms with Crippen molar-refractivity contribution in [3.05, 3.63) is 76.1 Å². The summed E-state index contributed by atoms with van der Waals surface area (Å²) >= 11 is 6.70. The van der Waals surface area contributed by atoms with E-state index in [4.69, 9.17) is 31.2 Å². The zero-order chi connectivity index (χ0) is 24.5. The normalized spacial score (nSPS) is 13.0. The van der Waals surface area contributed by atoms with Crippen LogP contribution in [-0.4, -0.2) is 53.8 Å². The standard InChI is InChI=1S/C27H30ClN5O2/c1-18-25(21-11-10-20(34-4)14-23(21)28)26-29-24-17-35-16-22(24)27(33(26)30-18)32(13-12-31(2)3)15-19-8-6-5-7-9-19/h5-11,14H,12-13,15-17H2,1-4H3. The second-order valence-corrected chi connectivity index (χ2v) is 9.51. The number of anilines is 1. The van der Waals surface area contributed by atoms with E-state index in [2.05, 4.69) is 48.2 Å². The smallest absolute Gasteiger partial charge is 0.165 e. The predicted molar refractivity (Wildman–Crippen MR) is 139 cm³/mol. The topological polar surface area (TPSA) is 55.1 Å². The predicted octanol–water partition coefficient (Wildman–Crippen LogP) is 4.97. The maximum Gasteiger partial charge on any atom is 0.165 e. The summed E-state index contributed by atoms with van der Waals surface area (Å²) in [5.41, 5.74) is 6.79. The Morgan fingerprint density at radius 2 is 1.89 bits per heavy atom. The van der Waals surface area contributed by atoms with Gasteiger partial charge in [0.15, 0.2) is 5.65 Å². The van der Waals surface area contributed by atoms with Gasteiger partial charge in [0.2, 0.25) is 0 Å². The number of nitrogens with zero attached hydrogens (tertiary/aromatic N) is 5. The first-order valence-electron chi connectivity index (χ1n) is 11.7. The second kappa shape index (κ2) is 9.85. The lowest BCUT2D eigenvalue weighted by molar-refractivity contribution is 0.133. The van der Waals surface area contributed by atoms with Crippen LogP contribution in [0.25, 0.3) is 16.8 Å². The minimum atomic E-state index is 0.492. The number of benzene rings is 2. The van der Waals surface area contributed by atoms with Gasteiger partial charge in [0.1, 0.15) is 11.6 Å². The Labute approximate surface area is 210 Å². The van der Waals surface area contributed by atoms with Crippen LogP contribution in [-0.2, 0) is 24.5 Å². The van der Waals surface area contributed by atoms with Crippen molar-refractivity contribution in [1.29, 1.82) is 0 Å². The summed E-state index contributed by atoms with van der Waals surface area (Å²) in [6.45, 7) is 5.54. The van der Waals surface area contributed by atoms with Crippen molar-refractivity contribution >= 4 is 23.1 Å². The first-order chi connectivity index (χ1) is 17.0. The monoisotopic (exact) mass is 491 g/mol. The zero-order valence-electron chi connectivity index (χ0n) is 20.6. The molecule has 2 aromatic carbocycles. The van der Waals surface area contributed by atoms with E-state index in [1.165, 1.54) is 5.56 Å². The van der Waals surface area contributed by atoms with Crippen LogP contribution in [0.2, 0.25) is 5.02 Å². The van der Waals surface area contributed by atoms with E-state index in [0.717, 1.165) is 59.2 Å². The number of likely N-dealkylation sites (N-methyl/N-ethyl adjacent to an activating group) is 1. The Morgan fingerprint density at radius 3 is 2.60 bits per heavy atom. The van der Waals surface area contributed by atoms with Gasteiger partial charge in [-0.3, -0.25) is 0 Å². The molecule has 182 valence electrons. The quantitative estimate of drug-likeness (QED) is 0.347. The van der Waals surface area contributed by atoms with Crippen LogP contribution < -0.4 is 9.64 Å². The van der Waals surface area contributed by atoms with Crippen LogP contribution in [0, 0.1) is 6.92 Å². The van der Waals surface area contributed by atoms with Crippen molar-refractivity contribution < 1.29 is 9.47 Å². The number of aryl methyl sites for hydroxylation is 1. The summed E-state index contributed by atoms with van der Waals surface area (Å²) in [5, 5.41) is 5.60. The molecule has 8 heteroatoms. The highest BCUT2D eigenvalue weighted by Crippen LogP contribution is 2.39. The SMILES string of the molecule is COc1ccc(-c2c(C)nn3c(N(CCN(C)C)Cc4ccccc4)c4c(nc23)COC4)c(Cl)c1. The highest BCUT2D eigenvalue weighted by molar-refractivity contribution is 6.33. The molecule has 1 aliphatic heterocycles. The van der Waals surface area contributed by atoms with Gasteiger partial charge in [0.25, 0.3) is 0 Å². The molecule has 7 nitrogen and oxygen atoms in total. The maximum absolute atomic E-state index is 6.70. The molecule has 0 amide bonds. The van der Waals surface area contributed by atoms with Gasteiger partial charge in [-0.1, -0.05) is 41.9 Å². The van der Waals surface area contributed by atoms with Gasteiger partial charge in [0.05, 0.1) is 42.3 Å². The Kier molecular flexibility index (Phi) is 6.65. The number of fused-ring (bicyclic) bond motifs is 2. The molecule has 4 aromatic rings. The van der Waals surface area contributed by atoms with Crippen LogP contribution in [0.15, 0.2) is 48.5 Å². The number of hydrogen-bond acceptors (Lipinski definition) is 6. The molecule has 0 aliphatic carbocycles. The van der Waals surface area contributed by atoms with Crippen molar-refractivity contribution in [2.75, 3.05) is 39.2 Å². The Morgan fingerprint density at radius 1 is 1.09 bits per heavy atom. The summed E-state index contributed by atoms with van der Waals surface area (Å²) in [7, 11) is 5.83. The molecule has 5 rings (SSSR count). The molecule has 3 heterocycles. The molecule has 2 aromatic heterocycles. The molecule has 0 fully saturated rings. The molecule has 0 N–H and O–H groups in total. The average Bonchev–Trinajstić information content (AvgIpc) is 3.44. The van der Waals surface area contributed by atoms with Crippen LogP contribution in [0.3, 0.4) is 0 Å². The average molecular weight is 492 g/mol. The third-order valence-corrected chi connectivity index (χ3v) is 6.67. The number of aromatic nitrogens is 3. The lowest BCUT2D eigenvalue weighted by Gasteiger charge is -2.28. The fourth-order valence-corrected chi connectivity index (χ4v) is 4.85. The number of ether oxygens (including phenoxy) is 2. The largest absolute Gasteiger partial charge is 0.497 e. The number of hydrogen-bond donors (Lipinski definition) is 0. The van der Waals surface area contributed by atoms with Crippen molar-refractivity contribution in [1.82, 2.24) is 19.5 Å². The first-order valence-corrected chi connectivity index (χ1v) is 12.1. The molecule has 0 spiro atoms. The van der Waals surface area contributed by atoms with Gasteiger partial charge in [-0.2, -0.15) is 9.61 Å². The van der Waals surface area contributed by atoms with Crippen LogP contribution in [0.1, 0.15) is 22.5 Å². The van der Waals surface area contributed by atoms with Crippen molar-refractivity contribution in [2.45, 2.75) is 26.7 Å². The van der Waals surface area contributed by atoms with Gasteiger partial charge in [-0.05, 0) is 44.8 Å². The van der Waals surface area contributed by atoms with E-state index in [-0.39, 0.29) is 0 Å². The van der Waals surface area contributed by atoms with E-state index in [0.29, 0.717) is 24.0 Å². The summed E-state index contributed by atoms with van der Waals surface area (Å²) in [4.78, 5) is 9.62. The van der Waals surface area contributed by atoms with Crippen molar-refractivity contribution in [2.24, 2.45) is 0 Å². The third-order valence-electron chi connectivity index (χ3n) is 6.36. The summed E-state index contributed by atoms with van der Waals surface area (Å²) < 4.78 is 13.2. The van der Waals surface area contributed by atoms with Gasteiger partial charge in [0, 0.05) is 30.8 Å². The number of halogens is 1. The van der Waals surface area contributed by atoms with Crippen molar-refractivity contribution in [3.8, 4) is 16.9 Å². The van der Waals surface area contributed by atoms with E-state index < -0.39 is 0 Å². The Bertz CT molecular complexity index is 1350. The molecule has 35 heavy (non-hydrogen) atoms. The molecule has 0 radical (unpaired) electrons. The molecule has 0 unspecified atom stereocenters. The van der Waals surface area contributed by atoms with E-state index in [1.54, 1.807) is 7.11 Å².